The van der Waals surface area contributed by atoms with E-state index in [9.17, 15) is 13.2 Å². The Bertz CT molecular complexity index is 1100. The van der Waals surface area contributed by atoms with Crippen LogP contribution in [0, 0.1) is 0 Å². The maximum Gasteiger partial charge on any atom is 0.243 e. The van der Waals surface area contributed by atoms with E-state index >= 15 is 0 Å². The zero-order valence-corrected chi connectivity index (χ0v) is 20.4. The number of carbonyl (C=O) groups is 1. The summed E-state index contributed by atoms with van der Waals surface area (Å²) in [6, 6.07) is 16.7. The minimum Gasteiger partial charge on any atom is -0.355 e. The van der Waals surface area contributed by atoms with Crippen LogP contribution in [0.25, 0.3) is 0 Å². The van der Waals surface area contributed by atoms with Crippen LogP contribution in [0.2, 0.25) is 0 Å². The van der Waals surface area contributed by atoms with E-state index in [0.717, 1.165) is 30.0 Å². The lowest BCUT2D eigenvalue weighted by Crippen LogP contribution is -2.46. The van der Waals surface area contributed by atoms with Crippen molar-refractivity contribution >= 4 is 21.5 Å². The topological polar surface area (TPSA) is 69.7 Å². The molecule has 0 bridgehead atoms. The second-order valence-electron chi connectivity index (χ2n) is 8.17. The molecule has 2 aromatic rings. The minimum absolute atomic E-state index is 0.0446. The monoisotopic (exact) mass is 467 g/mol. The second-order valence-corrected chi connectivity index (χ2v) is 10.1. The summed E-state index contributed by atoms with van der Waals surface area (Å²) in [7, 11) is -1.48. The first-order valence-corrected chi connectivity index (χ1v) is 12.7. The fourth-order valence-electron chi connectivity index (χ4n) is 3.84. The van der Waals surface area contributed by atoms with Gasteiger partial charge in [0, 0.05) is 49.6 Å². The van der Waals surface area contributed by atoms with Crippen LogP contribution in [0.3, 0.4) is 0 Å². The molecule has 0 radical (unpaired) electrons. The van der Waals surface area contributed by atoms with Crippen LogP contribution in [0.5, 0.6) is 0 Å². The Hall–Kier alpha value is -2.74. The van der Waals surface area contributed by atoms with E-state index in [1.165, 1.54) is 0 Å². The summed E-state index contributed by atoms with van der Waals surface area (Å²) in [4.78, 5) is 15.4. The average molecular weight is 468 g/mol. The maximum atomic E-state index is 12.9. The molecule has 0 aliphatic carbocycles. The van der Waals surface area contributed by atoms with E-state index in [2.05, 4.69) is 10.2 Å². The molecular weight excluding hydrogens is 434 g/mol. The number of benzene rings is 2. The van der Waals surface area contributed by atoms with Gasteiger partial charge in [-0.2, -0.15) is 4.31 Å². The number of rotatable bonds is 9. The molecule has 1 fully saturated rings. The highest BCUT2D eigenvalue weighted by Gasteiger charge is 2.27. The van der Waals surface area contributed by atoms with Crippen molar-refractivity contribution in [2.75, 3.05) is 38.5 Å². The molecule has 0 spiro atoms. The Morgan fingerprint density at radius 1 is 0.939 bits per heavy atom. The number of hydrogen-bond donors (Lipinski definition) is 1. The molecule has 33 heavy (non-hydrogen) atoms. The van der Waals surface area contributed by atoms with E-state index in [1.54, 1.807) is 16.4 Å². The van der Waals surface area contributed by atoms with Crippen molar-refractivity contribution in [2.45, 2.75) is 31.6 Å². The summed E-state index contributed by atoms with van der Waals surface area (Å²) < 4.78 is 27.3. The first-order valence-electron chi connectivity index (χ1n) is 11.3. The van der Waals surface area contributed by atoms with E-state index in [-0.39, 0.29) is 5.78 Å². The number of aryl methyl sites for hydroxylation is 1. The van der Waals surface area contributed by atoms with Crippen LogP contribution in [0.4, 0.5) is 5.69 Å². The van der Waals surface area contributed by atoms with E-state index in [0.29, 0.717) is 36.4 Å². The third-order valence-electron chi connectivity index (χ3n) is 5.88. The van der Waals surface area contributed by atoms with Crippen molar-refractivity contribution < 1.29 is 13.2 Å². The van der Waals surface area contributed by atoms with Crippen LogP contribution < -0.4 is 5.32 Å². The smallest absolute Gasteiger partial charge is 0.243 e. The first kappa shape index (κ1) is 24.9. The number of nitrogens with one attached hydrogen (secondary N) is 1. The van der Waals surface area contributed by atoms with Crippen molar-refractivity contribution in [3.8, 4) is 0 Å². The quantitative estimate of drug-likeness (QED) is 0.444. The second kappa shape index (κ2) is 11.4. The fraction of sp³-hybridized carbons (Fsp3) is 0.346. The molecule has 1 aliphatic heterocycles. The SMILES string of the molecule is C/C=C(Nc1ccccc1)\C(=C/C)C(=O)CCc1ccc(S(=O)(=O)N2CCN(C)CC2)cc1. The lowest BCUT2D eigenvalue weighted by atomic mass is 10.00. The molecule has 176 valence electrons. The Balaban J connectivity index is 1.61. The number of likely N-dealkylation sites (N-methyl/N-ethyl adjacent to an activating group) is 1. The third kappa shape index (κ3) is 6.41. The number of piperazine rings is 1. The van der Waals surface area contributed by atoms with Gasteiger partial charge >= 0.3 is 0 Å². The number of para-hydroxylation sites is 1. The lowest BCUT2D eigenvalue weighted by molar-refractivity contribution is -0.115. The van der Waals surface area contributed by atoms with E-state index < -0.39 is 10.0 Å². The number of hydrogen-bond acceptors (Lipinski definition) is 5. The van der Waals surface area contributed by atoms with Crippen LogP contribution in [-0.4, -0.2) is 56.6 Å². The van der Waals surface area contributed by atoms with Crippen molar-refractivity contribution in [3.63, 3.8) is 0 Å². The summed E-state index contributed by atoms with van der Waals surface area (Å²) >= 11 is 0. The van der Waals surface area contributed by atoms with E-state index in [1.807, 2.05) is 75.5 Å². The molecule has 0 atom stereocenters. The first-order chi connectivity index (χ1) is 15.8. The van der Waals surface area contributed by atoms with Crippen molar-refractivity contribution in [3.05, 3.63) is 83.6 Å². The van der Waals surface area contributed by atoms with Crippen molar-refractivity contribution in [2.24, 2.45) is 0 Å². The molecule has 1 heterocycles. The molecule has 0 amide bonds. The van der Waals surface area contributed by atoms with Gasteiger partial charge in [-0.05, 0) is 57.1 Å². The predicted octanol–water partition coefficient (Wildman–Crippen LogP) is 4.09. The van der Waals surface area contributed by atoms with Gasteiger partial charge in [0.05, 0.1) is 4.90 Å². The molecule has 7 heteroatoms. The number of ketones is 1. The van der Waals surface area contributed by atoms with Crippen molar-refractivity contribution in [1.82, 2.24) is 9.21 Å². The summed E-state index contributed by atoms with van der Waals surface area (Å²) in [6.07, 6.45) is 4.63. The van der Waals surface area contributed by atoms with Gasteiger partial charge in [-0.25, -0.2) is 8.42 Å². The number of allylic oxidation sites excluding steroid dienone is 3. The molecule has 0 aromatic heterocycles. The number of sulfonamides is 1. The zero-order chi connectivity index (χ0) is 23.8. The average Bonchev–Trinajstić information content (AvgIpc) is 2.83. The molecule has 6 nitrogen and oxygen atoms in total. The Kier molecular flexibility index (Phi) is 8.61. The largest absolute Gasteiger partial charge is 0.355 e. The summed E-state index contributed by atoms with van der Waals surface area (Å²) in [5.41, 5.74) is 3.29. The summed E-state index contributed by atoms with van der Waals surface area (Å²) in [5.74, 6) is 0.0446. The molecule has 0 saturated carbocycles. The normalized spacial score (nSPS) is 16.6. The Morgan fingerprint density at radius 2 is 1.58 bits per heavy atom. The summed E-state index contributed by atoms with van der Waals surface area (Å²) in [5, 5.41) is 3.31. The van der Waals surface area contributed by atoms with Gasteiger partial charge in [0.2, 0.25) is 10.0 Å². The number of Topliss-reactive ketones (excluding diaryl/α,β-unsaturated/α-hetero) is 1. The van der Waals surface area contributed by atoms with Gasteiger partial charge in [-0.15, -0.1) is 0 Å². The van der Waals surface area contributed by atoms with Crippen LogP contribution in [0.1, 0.15) is 25.8 Å². The zero-order valence-electron chi connectivity index (χ0n) is 19.6. The molecule has 2 aromatic carbocycles. The number of anilines is 1. The highest BCUT2D eigenvalue weighted by Crippen LogP contribution is 2.21. The van der Waals surface area contributed by atoms with Gasteiger partial charge in [0.1, 0.15) is 0 Å². The van der Waals surface area contributed by atoms with Gasteiger partial charge in [0.15, 0.2) is 5.78 Å². The van der Waals surface area contributed by atoms with Crippen molar-refractivity contribution in [1.29, 1.82) is 0 Å². The Morgan fingerprint density at radius 3 is 2.15 bits per heavy atom. The van der Waals surface area contributed by atoms with Crippen LogP contribution in [-0.2, 0) is 21.2 Å². The standard InChI is InChI=1S/C26H33N3O3S/c1-4-24(25(5-2)27-22-9-7-6-8-10-22)26(30)16-13-21-11-14-23(15-12-21)33(31,32)29-19-17-28(3)18-20-29/h4-12,14-15,27H,13,16-20H2,1-3H3/b24-4+,25-5+. The highest BCUT2D eigenvalue weighted by atomic mass is 32.2. The fourth-order valence-corrected chi connectivity index (χ4v) is 5.26. The van der Waals surface area contributed by atoms with Crippen LogP contribution >= 0.6 is 0 Å². The molecule has 0 unspecified atom stereocenters. The number of carbonyl (C=O) groups excluding carboxylic acids is 1. The van der Waals surface area contributed by atoms with Crippen LogP contribution in [0.15, 0.2) is 82.9 Å². The minimum atomic E-state index is -3.48. The third-order valence-corrected chi connectivity index (χ3v) is 7.80. The van der Waals surface area contributed by atoms with Gasteiger partial charge < -0.3 is 10.2 Å². The molecule has 1 saturated heterocycles. The lowest BCUT2D eigenvalue weighted by Gasteiger charge is -2.31. The van der Waals surface area contributed by atoms with Gasteiger partial charge in [0.25, 0.3) is 0 Å². The van der Waals surface area contributed by atoms with Gasteiger partial charge in [-0.3, -0.25) is 4.79 Å². The molecule has 1 N–H and O–H groups in total. The van der Waals surface area contributed by atoms with E-state index in [4.69, 9.17) is 0 Å². The summed E-state index contributed by atoms with van der Waals surface area (Å²) in [6.45, 7) is 6.25. The Labute approximate surface area is 197 Å². The maximum absolute atomic E-state index is 12.9. The van der Waals surface area contributed by atoms with Gasteiger partial charge in [-0.1, -0.05) is 42.5 Å². The molecular formula is C26H33N3O3S. The number of nitrogens with zero attached hydrogens (tertiary/aromatic N) is 2. The molecule has 1 aliphatic rings. The molecule has 3 rings (SSSR count). The predicted molar refractivity (Wildman–Crippen MR) is 134 cm³/mol. The highest BCUT2D eigenvalue weighted by molar-refractivity contribution is 7.89.